The van der Waals surface area contributed by atoms with E-state index in [1.54, 1.807) is 12.1 Å². The average molecular weight is 293 g/mol. The summed E-state index contributed by atoms with van der Waals surface area (Å²) in [5.74, 6) is 0.512. The number of para-hydroxylation sites is 1. The van der Waals surface area contributed by atoms with E-state index in [0.717, 1.165) is 30.9 Å². The van der Waals surface area contributed by atoms with Gasteiger partial charge in [0, 0.05) is 32.7 Å². The van der Waals surface area contributed by atoms with Crippen LogP contribution in [0.3, 0.4) is 0 Å². The Morgan fingerprint density at radius 3 is 2.81 bits per heavy atom. The lowest BCUT2D eigenvalue weighted by molar-refractivity contribution is 0.395. The molecule has 1 aromatic rings. The van der Waals surface area contributed by atoms with Gasteiger partial charge in [-0.3, -0.25) is 0 Å². The van der Waals surface area contributed by atoms with Gasteiger partial charge in [0.05, 0.1) is 5.69 Å². The summed E-state index contributed by atoms with van der Waals surface area (Å²) >= 11 is 0. The van der Waals surface area contributed by atoms with E-state index in [-0.39, 0.29) is 5.82 Å². The van der Waals surface area contributed by atoms with Crippen LogP contribution in [-0.2, 0) is 6.54 Å². The number of nitrogens with zero attached hydrogens (tertiary/aromatic N) is 2. The average Bonchev–Trinajstić information content (AvgIpc) is 2.81. The molecule has 3 nitrogen and oxygen atoms in total. The predicted octanol–water partition coefficient (Wildman–Crippen LogP) is 2.71. The third kappa shape index (κ3) is 4.42. The normalized spacial score (nSPS) is 19.4. The van der Waals surface area contributed by atoms with E-state index in [1.165, 1.54) is 6.42 Å². The highest BCUT2D eigenvalue weighted by Gasteiger charge is 2.22. The van der Waals surface area contributed by atoms with E-state index in [9.17, 15) is 4.39 Å². The first kappa shape index (κ1) is 16.2. The summed E-state index contributed by atoms with van der Waals surface area (Å²) in [6.07, 6.45) is 1.20. The number of benzene rings is 1. The Kier molecular flexibility index (Phi) is 5.59. The Balaban J connectivity index is 2.09. The van der Waals surface area contributed by atoms with Crippen molar-refractivity contribution in [1.82, 2.24) is 10.2 Å². The molecule has 0 bridgehead atoms. The molecular weight excluding hydrogens is 265 g/mol. The fourth-order valence-corrected chi connectivity index (χ4v) is 3.10. The van der Waals surface area contributed by atoms with Crippen molar-refractivity contribution in [2.75, 3.05) is 38.6 Å². The highest BCUT2D eigenvalue weighted by atomic mass is 19.1. The van der Waals surface area contributed by atoms with Gasteiger partial charge in [-0.25, -0.2) is 4.39 Å². The molecule has 0 amide bonds. The van der Waals surface area contributed by atoms with E-state index in [4.69, 9.17) is 0 Å². The molecule has 21 heavy (non-hydrogen) atoms. The zero-order chi connectivity index (χ0) is 15.4. The van der Waals surface area contributed by atoms with E-state index in [1.807, 2.05) is 13.1 Å². The molecule has 1 aliphatic rings. The summed E-state index contributed by atoms with van der Waals surface area (Å²) in [6, 6.07) is 5.78. The van der Waals surface area contributed by atoms with Gasteiger partial charge >= 0.3 is 0 Å². The minimum atomic E-state index is -0.119. The van der Waals surface area contributed by atoms with E-state index >= 15 is 0 Å². The summed E-state index contributed by atoms with van der Waals surface area (Å²) in [4.78, 5) is 4.44. The molecule has 1 heterocycles. The van der Waals surface area contributed by atoms with Gasteiger partial charge in [0.25, 0.3) is 0 Å². The summed E-state index contributed by atoms with van der Waals surface area (Å²) < 4.78 is 14.3. The van der Waals surface area contributed by atoms with Crippen molar-refractivity contribution in [3.8, 4) is 0 Å². The van der Waals surface area contributed by atoms with Crippen molar-refractivity contribution in [2.45, 2.75) is 32.9 Å². The molecule has 0 aliphatic carbocycles. The van der Waals surface area contributed by atoms with Crippen molar-refractivity contribution in [1.29, 1.82) is 0 Å². The molecule has 1 unspecified atom stereocenters. The molecule has 1 saturated heterocycles. The topological polar surface area (TPSA) is 18.5 Å². The van der Waals surface area contributed by atoms with Gasteiger partial charge in [-0.05, 0) is 37.6 Å². The Labute approximate surface area is 128 Å². The highest BCUT2D eigenvalue weighted by molar-refractivity contribution is 5.54. The lowest BCUT2D eigenvalue weighted by atomic mass is 10.1. The van der Waals surface area contributed by atoms with Gasteiger partial charge in [-0.15, -0.1) is 0 Å². The first-order valence-corrected chi connectivity index (χ1v) is 7.87. The summed E-state index contributed by atoms with van der Waals surface area (Å²) in [7, 11) is 4.16. The van der Waals surface area contributed by atoms with Crippen molar-refractivity contribution in [2.24, 2.45) is 5.92 Å². The minimum Gasteiger partial charge on any atom is -0.372 e. The number of halogens is 1. The quantitative estimate of drug-likeness (QED) is 0.870. The lowest BCUT2D eigenvalue weighted by Gasteiger charge is -2.26. The Morgan fingerprint density at radius 1 is 1.43 bits per heavy atom. The monoisotopic (exact) mass is 293 g/mol. The van der Waals surface area contributed by atoms with Crippen molar-refractivity contribution in [3.05, 3.63) is 29.6 Å². The fourth-order valence-electron chi connectivity index (χ4n) is 3.10. The molecule has 0 aromatic heterocycles. The molecule has 1 N–H and O–H groups in total. The predicted molar refractivity (Wildman–Crippen MR) is 87.2 cm³/mol. The van der Waals surface area contributed by atoms with Crippen LogP contribution in [0.1, 0.15) is 25.8 Å². The number of anilines is 1. The van der Waals surface area contributed by atoms with Crippen molar-refractivity contribution >= 4 is 5.69 Å². The molecule has 1 atom stereocenters. The van der Waals surface area contributed by atoms with E-state index < -0.39 is 0 Å². The van der Waals surface area contributed by atoms with E-state index in [2.05, 4.69) is 36.0 Å². The minimum absolute atomic E-state index is 0.119. The second-order valence-corrected chi connectivity index (χ2v) is 6.58. The molecule has 2 rings (SSSR count). The van der Waals surface area contributed by atoms with Crippen LogP contribution < -0.4 is 10.2 Å². The second kappa shape index (κ2) is 7.23. The third-order valence-electron chi connectivity index (χ3n) is 4.17. The Hall–Kier alpha value is -1.13. The first-order valence-electron chi connectivity index (χ1n) is 7.87. The zero-order valence-corrected chi connectivity index (χ0v) is 13.7. The maximum atomic E-state index is 14.3. The number of likely N-dealkylation sites (tertiary alicyclic amines) is 1. The Morgan fingerprint density at radius 2 is 2.19 bits per heavy atom. The first-order chi connectivity index (χ1) is 9.97. The smallest absolute Gasteiger partial charge is 0.146 e. The van der Waals surface area contributed by atoms with Crippen LogP contribution in [-0.4, -0.2) is 44.7 Å². The number of nitrogens with one attached hydrogen (secondary N) is 1. The van der Waals surface area contributed by atoms with Gasteiger partial charge in [0.1, 0.15) is 5.82 Å². The molecule has 1 aliphatic heterocycles. The summed E-state index contributed by atoms with van der Waals surface area (Å²) in [6.45, 7) is 8.10. The third-order valence-corrected chi connectivity index (χ3v) is 4.17. The molecule has 0 radical (unpaired) electrons. The maximum Gasteiger partial charge on any atom is 0.146 e. The number of hydrogen-bond donors (Lipinski definition) is 1. The lowest BCUT2D eigenvalue weighted by Crippen LogP contribution is -2.30. The van der Waals surface area contributed by atoms with Crippen molar-refractivity contribution < 1.29 is 4.39 Å². The SMILES string of the molecule is CC(C)NCc1cccc(F)c1N(C)CC1CCN(C)C1. The van der Waals surface area contributed by atoms with Crippen molar-refractivity contribution in [3.63, 3.8) is 0 Å². The highest BCUT2D eigenvalue weighted by Crippen LogP contribution is 2.26. The second-order valence-electron chi connectivity index (χ2n) is 6.58. The van der Waals surface area contributed by atoms with Gasteiger partial charge in [-0.1, -0.05) is 26.0 Å². The number of hydrogen-bond acceptors (Lipinski definition) is 3. The Bertz CT molecular complexity index is 461. The fraction of sp³-hybridized carbons (Fsp3) is 0.647. The van der Waals surface area contributed by atoms with Crippen LogP contribution in [0.15, 0.2) is 18.2 Å². The van der Waals surface area contributed by atoms with Gasteiger partial charge < -0.3 is 15.1 Å². The largest absolute Gasteiger partial charge is 0.372 e. The maximum absolute atomic E-state index is 14.3. The zero-order valence-electron chi connectivity index (χ0n) is 13.7. The number of rotatable bonds is 6. The van der Waals surface area contributed by atoms with Crippen LogP contribution in [0.4, 0.5) is 10.1 Å². The van der Waals surface area contributed by atoms with Crippen LogP contribution in [0.5, 0.6) is 0 Å². The standard InChI is InChI=1S/C17H28FN3/c1-13(2)19-10-15-6-5-7-16(18)17(15)21(4)12-14-8-9-20(3)11-14/h5-7,13-14,19H,8-12H2,1-4H3. The van der Waals surface area contributed by atoms with Crippen LogP contribution >= 0.6 is 0 Å². The van der Waals surface area contributed by atoms with Crippen LogP contribution in [0, 0.1) is 11.7 Å². The molecule has 1 fully saturated rings. The molecule has 118 valence electrons. The molecule has 1 aromatic carbocycles. The van der Waals surface area contributed by atoms with E-state index in [0.29, 0.717) is 18.5 Å². The molecule has 0 saturated carbocycles. The molecule has 0 spiro atoms. The summed E-state index contributed by atoms with van der Waals surface area (Å²) in [5, 5.41) is 3.38. The molecule has 4 heteroatoms. The summed E-state index contributed by atoms with van der Waals surface area (Å²) in [5.41, 5.74) is 1.79. The van der Waals surface area contributed by atoms with Gasteiger partial charge in [-0.2, -0.15) is 0 Å². The van der Waals surface area contributed by atoms with Gasteiger partial charge in [0.2, 0.25) is 0 Å². The van der Waals surface area contributed by atoms with Crippen LogP contribution in [0.25, 0.3) is 0 Å². The van der Waals surface area contributed by atoms with Crippen LogP contribution in [0.2, 0.25) is 0 Å². The van der Waals surface area contributed by atoms with Gasteiger partial charge in [0.15, 0.2) is 0 Å². The molecular formula is C17H28FN3.